The van der Waals surface area contributed by atoms with E-state index in [0.29, 0.717) is 0 Å². The molecule has 0 radical (unpaired) electrons. The van der Waals surface area contributed by atoms with Crippen LogP contribution in [0.5, 0.6) is 0 Å². The highest BCUT2D eigenvalue weighted by molar-refractivity contribution is 5.72. The van der Waals surface area contributed by atoms with Crippen LogP contribution in [-0.2, 0) is 0 Å². The Kier molecular flexibility index (Phi) is 5.04. The van der Waals surface area contributed by atoms with E-state index in [1.807, 2.05) is 0 Å². The summed E-state index contributed by atoms with van der Waals surface area (Å²) in [5.41, 5.74) is 7.05. The highest BCUT2D eigenvalue weighted by atomic mass is 16.2. The van der Waals surface area contributed by atoms with Gasteiger partial charge in [0.25, 0.3) is 0 Å². The van der Waals surface area contributed by atoms with Gasteiger partial charge in [-0.15, -0.1) is 0 Å². The van der Waals surface area contributed by atoms with Crippen LogP contribution < -0.4 is 11.2 Å². The maximum atomic E-state index is 10.3. The van der Waals surface area contributed by atoms with Gasteiger partial charge in [0.2, 0.25) is 0 Å². The van der Waals surface area contributed by atoms with Crippen molar-refractivity contribution >= 4 is 12.2 Å². The van der Waals surface area contributed by atoms with Gasteiger partial charge in [0.05, 0.1) is 0 Å². The van der Waals surface area contributed by atoms with Gasteiger partial charge in [0.1, 0.15) is 0 Å². The third kappa shape index (κ3) is 4.84. The molecule has 4 heteroatoms. The topological polar surface area (TPSA) is 67.5 Å². The molecule has 0 aromatic carbocycles. The molecule has 1 rings (SSSR count). The minimum Gasteiger partial charge on any atom is -0.350 e. The molecule has 1 aliphatic carbocycles. The molecule has 0 atom stereocenters. The molecule has 0 spiro atoms. The maximum absolute atomic E-state index is 10.3. The maximum Gasteiger partial charge on any atom is 0.332 e. The van der Waals surface area contributed by atoms with Crippen LogP contribution in [0.1, 0.15) is 44.9 Å². The van der Waals surface area contributed by atoms with Crippen molar-refractivity contribution in [3.05, 3.63) is 0 Å². The largest absolute Gasteiger partial charge is 0.350 e. The lowest BCUT2D eigenvalue weighted by Gasteiger charge is -2.20. The van der Waals surface area contributed by atoms with Gasteiger partial charge in [0.15, 0.2) is 0 Å². The van der Waals surface area contributed by atoms with E-state index in [9.17, 15) is 4.79 Å². The molecule has 14 heavy (non-hydrogen) atoms. The molecule has 0 bridgehead atoms. The van der Waals surface area contributed by atoms with Crippen molar-refractivity contribution < 1.29 is 4.79 Å². The predicted octanol–water partition coefficient (Wildman–Crippen LogP) is 2.00. The van der Waals surface area contributed by atoms with E-state index in [-0.39, 0.29) is 0 Å². The van der Waals surface area contributed by atoms with Crippen LogP contribution in [0.15, 0.2) is 5.10 Å². The number of urea groups is 1. The number of nitrogens with two attached hydrogens (primary N) is 1. The fourth-order valence-corrected chi connectivity index (χ4v) is 1.96. The molecule has 0 saturated heterocycles. The monoisotopic (exact) mass is 197 g/mol. The Morgan fingerprint density at radius 1 is 1.43 bits per heavy atom. The molecule has 1 fully saturated rings. The Morgan fingerprint density at radius 2 is 2.14 bits per heavy atom. The van der Waals surface area contributed by atoms with Crippen molar-refractivity contribution in [1.29, 1.82) is 0 Å². The van der Waals surface area contributed by atoms with Crippen molar-refractivity contribution in [2.75, 3.05) is 0 Å². The van der Waals surface area contributed by atoms with Gasteiger partial charge < -0.3 is 5.73 Å². The summed E-state index contributed by atoms with van der Waals surface area (Å²) in [4.78, 5) is 10.3. The van der Waals surface area contributed by atoms with Gasteiger partial charge in [-0.2, -0.15) is 5.10 Å². The number of carbonyl (C=O) groups is 1. The summed E-state index contributed by atoms with van der Waals surface area (Å²) >= 11 is 0. The summed E-state index contributed by atoms with van der Waals surface area (Å²) in [6, 6.07) is -0.598. The zero-order chi connectivity index (χ0) is 10.2. The smallest absolute Gasteiger partial charge is 0.332 e. The lowest BCUT2D eigenvalue weighted by atomic mass is 9.86. The lowest BCUT2D eigenvalue weighted by molar-refractivity contribution is 0.249. The SMILES string of the molecule is NC(=O)N/N=C\CCC1CCCCC1. The van der Waals surface area contributed by atoms with E-state index >= 15 is 0 Å². The van der Waals surface area contributed by atoms with Crippen LogP contribution in [0.3, 0.4) is 0 Å². The van der Waals surface area contributed by atoms with Crippen molar-refractivity contribution in [2.24, 2.45) is 16.8 Å². The van der Waals surface area contributed by atoms with Crippen molar-refractivity contribution in [3.63, 3.8) is 0 Å². The number of carbonyl (C=O) groups excluding carboxylic acids is 1. The Hall–Kier alpha value is -1.06. The van der Waals surface area contributed by atoms with Crippen LogP contribution in [0.2, 0.25) is 0 Å². The number of amides is 2. The number of hydrazone groups is 1. The average Bonchev–Trinajstić information content (AvgIpc) is 2.18. The Labute approximate surface area is 84.9 Å². The van der Waals surface area contributed by atoms with Crippen molar-refractivity contribution in [3.8, 4) is 0 Å². The first-order valence-corrected chi connectivity index (χ1v) is 5.36. The standard InChI is InChI=1S/C10H19N3O/c11-10(14)13-12-8-4-7-9-5-2-1-3-6-9/h8-9H,1-7H2,(H3,11,13,14)/b12-8-. The zero-order valence-corrected chi connectivity index (χ0v) is 8.54. The highest BCUT2D eigenvalue weighted by Crippen LogP contribution is 2.26. The first-order chi connectivity index (χ1) is 6.79. The van der Waals surface area contributed by atoms with Crippen LogP contribution in [0.25, 0.3) is 0 Å². The third-order valence-electron chi connectivity index (χ3n) is 2.69. The second kappa shape index (κ2) is 6.40. The second-order valence-corrected chi connectivity index (χ2v) is 3.87. The van der Waals surface area contributed by atoms with Gasteiger partial charge in [-0.25, -0.2) is 10.2 Å². The minimum atomic E-state index is -0.598. The second-order valence-electron chi connectivity index (χ2n) is 3.87. The van der Waals surface area contributed by atoms with Crippen LogP contribution in [0, 0.1) is 5.92 Å². The van der Waals surface area contributed by atoms with Crippen LogP contribution >= 0.6 is 0 Å². The van der Waals surface area contributed by atoms with Crippen LogP contribution in [0.4, 0.5) is 4.79 Å². The lowest BCUT2D eigenvalue weighted by Crippen LogP contribution is -2.24. The number of rotatable bonds is 4. The summed E-state index contributed by atoms with van der Waals surface area (Å²) in [5, 5.41) is 3.71. The molecule has 0 unspecified atom stereocenters. The summed E-state index contributed by atoms with van der Waals surface area (Å²) in [6.45, 7) is 0. The molecule has 0 aliphatic heterocycles. The first-order valence-electron chi connectivity index (χ1n) is 5.36. The van der Waals surface area contributed by atoms with Gasteiger partial charge in [-0.1, -0.05) is 32.1 Å². The molecule has 1 saturated carbocycles. The van der Waals surface area contributed by atoms with Crippen molar-refractivity contribution in [2.45, 2.75) is 44.9 Å². The van der Waals surface area contributed by atoms with Crippen molar-refractivity contribution in [1.82, 2.24) is 5.43 Å². The fourth-order valence-electron chi connectivity index (χ4n) is 1.96. The molecule has 0 heterocycles. The number of hydrogen-bond donors (Lipinski definition) is 2. The average molecular weight is 197 g/mol. The molecular weight excluding hydrogens is 178 g/mol. The Bertz CT molecular complexity index is 198. The summed E-state index contributed by atoms with van der Waals surface area (Å²) < 4.78 is 0. The zero-order valence-electron chi connectivity index (χ0n) is 8.54. The van der Waals surface area contributed by atoms with Gasteiger partial charge in [-0.3, -0.25) is 0 Å². The van der Waals surface area contributed by atoms with E-state index < -0.39 is 6.03 Å². The minimum absolute atomic E-state index is 0.598. The third-order valence-corrected chi connectivity index (χ3v) is 2.69. The Balaban J connectivity index is 2.02. The molecule has 4 nitrogen and oxygen atoms in total. The summed E-state index contributed by atoms with van der Waals surface area (Å²) in [5.74, 6) is 0.865. The summed E-state index contributed by atoms with van der Waals surface area (Å²) in [7, 11) is 0. The molecular formula is C10H19N3O. The predicted molar refractivity (Wildman–Crippen MR) is 57.0 cm³/mol. The molecule has 2 amide bonds. The molecule has 0 aromatic heterocycles. The Morgan fingerprint density at radius 3 is 2.79 bits per heavy atom. The molecule has 80 valence electrons. The molecule has 0 aromatic rings. The van der Waals surface area contributed by atoms with Gasteiger partial charge in [-0.05, 0) is 18.8 Å². The number of hydrogen-bond acceptors (Lipinski definition) is 2. The quantitative estimate of drug-likeness (QED) is 0.525. The van der Waals surface area contributed by atoms with E-state index in [1.165, 1.54) is 38.5 Å². The van der Waals surface area contributed by atoms with Crippen LogP contribution in [-0.4, -0.2) is 12.2 Å². The first kappa shape index (κ1) is 11.0. The normalized spacial score (nSPS) is 18.6. The van der Waals surface area contributed by atoms with E-state index in [4.69, 9.17) is 5.73 Å². The van der Waals surface area contributed by atoms with E-state index in [1.54, 1.807) is 6.21 Å². The molecule has 1 aliphatic rings. The number of nitrogens with zero attached hydrogens (tertiary/aromatic N) is 1. The van der Waals surface area contributed by atoms with E-state index in [2.05, 4.69) is 10.5 Å². The van der Waals surface area contributed by atoms with Gasteiger partial charge >= 0.3 is 6.03 Å². The van der Waals surface area contributed by atoms with E-state index in [0.717, 1.165) is 12.3 Å². The van der Waals surface area contributed by atoms with Gasteiger partial charge in [0, 0.05) is 6.21 Å². The fraction of sp³-hybridized carbons (Fsp3) is 0.800. The number of primary amides is 1. The highest BCUT2D eigenvalue weighted by Gasteiger charge is 2.11. The summed E-state index contributed by atoms with van der Waals surface area (Å²) in [6.07, 6.45) is 10.7. The molecule has 3 N–H and O–H groups in total. The number of nitrogens with one attached hydrogen (secondary N) is 1.